The van der Waals surface area contributed by atoms with E-state index in [0.717, 1.165) is 21.5 Å². The summed E-state index contributed by atoms with van der Waals surface area (Å²) in [7, 11) is 0. The maximum Gasteiger partial charge on any atom is 0.129 e. The van der Waals surface area contributed by atoms with Crippen molar-refractivity contribution in [2.24, 2.45) is 4.99 Å². The van der Waals surface area contributed by atoms with Crippen LogP contribution in [-0.4, -0.2) is 12.8 Å². The van der Waals surface area contributed by atoms with Gasteiger partial charge in [-0.15, -0.1) is 0 Å². The van der Waals surface area contributed by atoms with E-state index in [0.29, 0.717) is 6.61 Å². The van der Waals surface area contributed by atoms with Gasteiger partial charge in [0.25, 0.3) is 0 Å². The summed E-state index contributed by atoms with van der Waals surface area (Å²) in [5.41, 5.74) is 1.86. The lowest BCUT2D eigenvalue weighted by Gasteiger charge is -2.07. The molecule has 0 saturated heterocycles. The van der Waals surface area contributed by atoms with E-state index in [9.17, 15) is 0 Å². The second-order valence-corrected chi connectivity index (χ2v) is 4.79. The van der Waals surface area contributed by atoms with Crippen molar-refractivity contribution in [3.8, 4) is 5.75 Å². The number of benzene rings is 2. The zero-order valence-corrected chi connectivity index (χ0v) is 12.0. The smallest absolute Gasteiger partial charge is 0.129 e. The molecule has 0 atom stereocenters. The van der Waals surface area contributed by atoms with Gasteiger partial charge in [0.15, 0.2) is 0 Å². The SMILES string of the molecule is C=CCOc1cc(Br)ccc1/C=N/c1ccccc1. The van der Waals surface area contributed by atoms with Crippen molar-refractivity contribution >= 4 is 27.8 Å². The highest BCUT2D eigenvalue weighted by Gasteiger charge is 2.02. The van der Waals surface area contributed by atoms with Gasteiger partial charge in [0, 0.05) is 16.3 Å². The van der Waals surface area contributed by atoms with Crippen molar-refractivity contribution in [2.75, 3.05) is 6.61 Å². The van der Waals surface area contributed by atoms with Crippen molar-refractivity contribution in [3.05, 3.63) is 71.2 Å². The molecule has 0 amide bonds. The molecule has 0 aromatic heterocycles. The summed E-state index contributed by atoms with van der Waals surface area (Å²) < 4.78 is 6.59. The van der Waals surface area contributed by atoms with Crippen LogP contribution in [0.1, 0.15) is 5.56 Å². The molecule has 0 bridgehead atoms. The van der Waals surface area contributed by atoms with E-state index in [1.165, 1.54) is 0 Å². The Bertz CT molecular complexity index is 579. The van der Waals surface area contributed by atoms with Crippen LogP contribution in [0.25, 0.3) is 0 Å². The van der Waals surface area contributed by atoms with E-state index in [2.05, 4.69) is 27.5 Å². The molecule has 0 radical (unpaired) electrons. The molecule has 3 heteroatoms. The van der Waals surface area contributed by atoms with Crippen LogP contribution in [0.4, 0.5) is 5.69 Å². The predicted molar refractivity (Wildman–Crippen MR) is 83.5 cm³/mol. The molecule has 0 aliphatic rings. The molecule has 0 saturated carbocycles. The summed E-state index contributed by atoms with van der Waals surface area (Å²) in [6.07, 6.45) is 3.53. The van der Waals surface area contributed by atoms with Gasteiger partial charge in [-0.3, -0.25) is 4.99 Å². The van der Waals surface area contributed by atoms with Gasteiger partial charge in [0.1, 0.15) is 12.4 Å². The average molecular weight is 316 g/mol. The monoisotopic (exact) mass is 315 g/mol. The number of hydrogen-bond donors (Lipinski definition) is 0. The maximum atomic E-state index is 5.62. The normalized spacial score (nSPS) is 10.6. The third-order valence-electron chi connectivity index (χ3n) is 2.44. The van der Waals surface area contributed by atoms with E-state index in [4.69, 9.17) is 4.74 Å². The highest BCUT2D eigenvalue weighted by molar-refractivity contribution is 9.10. The molecular formula is C16H14BrNO. The number of halogens is 1. The fraction of sp³-hybridized carbons (Fsp3) is 0.0625. The highest BCUT2D eigenvalue weighted by atomic mass is 79.9. The van der Waals surface area contributed by atoms with Crippen molar-refractivity contribution in [1.82, 2.24) is 0 Å². The number of nitrogens with zero attached hydrogens (tertiary/aromatic N) is 1. The standard InChI is InChI=1S/C16H14BrNO/c1-2-10-19-16-11-14(17)9-8-13(16)12-18-15-6-4-3-5-7-15/h2-9,11-12H,1,10H2/b18-12+. The number of ether oxygens (including phenoxy) is 1. The van der Waals surface area contributed by atoms with E-state index in [1.54, 1.807) is 12.3 Å². The molecule has 19 heavy (non-hydrogen) atoms. The topological polar surface area (TPSA) is 21.6 Å². The van der Waals surface area contributed by atoms with Gasteiger partial charge in [0.2, 0.25) is 0 Å². The minimum Gasteiger partial charge on any atom is -0.489 e. The third-order valence-corrected chi connectivity index (χ3v) is 2.93. The van der Waals surface area contributed by atoms with E-state index >= 15 is 0 Å². The molecule has 0 spiro atoms. The molecule has 2 nitrogen and oxygen atoms in total. The lowest BCUT2D eigenvalue weighted by atomic mass is 10.2. The zero-order valence-electron chi connectivity index (χ0n) is 10.4. The zero-order chi connectivity index (χ0) is 13.5. The lowest BCUT2D eigenvalue weighted by Crippen LogP contribution is -1.96. The summed E-state index contributed by atoms with van der Waals surface area (Å²) >= 11 is 3.43. The Balaban J connectivity index is 2.23. The van der Waals surface area contributed by atoms with Gasteiger partial charge in [-0.25, -0.2) is 0 Å². The minimum absolute atomic E-state index is 0.475. The average Bonchev–Trinajstić information content (AvgIpc) is 2.45. The van der Waals surface area contributed by atoms with Crippen LogP contribution in [0, 0.1) is 0 Å². The van der Waals surface area contributed by atoms with Crippen LogP contribution in [-0.2, 0) is 0 Å². The van der Waals surface area contributed by atoms with Gasteiger partial charge in [0.05, 0.1) is 5.69 Å². The first-order valence-corrected chi connectivity index (χ1v) is 6.71. The Kier molecular flexibility index (Phi) is 4.93. The summed E-state index contributed by atoms with van der Waals surface area (Å²) in [4.78, 5) is 4.43. The molecule has 2 rings (SSSR count). The number of rotatable bonds is 5. The first-order chi connectivity index (χ1) is 9.29. The quantitative estimate of drug-likeness (QED) is 0.575. The Morgan fingerprint density at radius 1 is 1.16 bits per heavy atom. The second kappa shape index (κ2) is 6.90. The van der Waals surface area contributed by atoms with Gasteiger partial charge in [-0.05, 0) is 30.3 Å². The van der Waals surface area contributed by atoms with E-state index in [1.807, 2.05) is 48.5 Å². The molecule has 0 aliphatic heterocycles. The van der Waals surface area contributed by atoms with Crippen LogP contribution >= 0.6 is 15.9 Å². The minimum atomic E-state index is 0.475. The van der Waals surface area contributed by atoms with Crippen LogP contribution in [0.3, 0.4) is 0 Å². The van der Waals surface area contributed by atoms with Crippen molar-refractivity contribution in [3.63, 3.8) is 0 Å². The molecule has 0 aliphatic carbocycles. The van der Waals surface area contributed by atoms with Crippen molar-refractivity contribution in [2.45, 2.75) is 0 Å². The Labute approximate surface area is 121 Å². The molecule has 0 heterocycles. The van der Waals surface area contributed by atoms with Gasteiger partial charge in [-0.2, -0.15) is 0 Å². The Morgan fingerprint density at radius 3 is 2.68 bits per heavy atom. The molecule has 0 unspecified atom stereocenters. The number of aliphatic imine (C=N–C) groups is 1. The third kappa shape index (κ3) is 4.07. The van der Waals surface area contributed by atoms with Crippen LogP contribution in [0.15, 0.2) is 70.7 Å². The molecule has 0 fully saturated rings. The second-order valence-electron chi connectivity index (χ2n) is 3.88. The van der Waals surface area contributed by atoms with Gasteiger partial charge >= 0.3 is 0 Å². The highest BCUT2D eigenvalue weighted by Crippen LogP contribution is 2.23. The molecule has 96 valence electrons. The van der Waals surface area contributed by atoms with Crippen molar-refractivity contribution in [1.29, 1.82) is 0 Å². The van der Waals surface area contributed by atoms with Crippen molar-refractivity contribution < 1.29 is 4.74 Å². The van der Waals surface area contributed by atoms with Crippen LogP contribution in [0.5, 0.6) is 5.75 Å². The van der Waals surface area contributed by atoms with Gasteiger partial charge < -0.3 is 4.74 Å². The van der Waals surface area contributed by atoms with E-state index < -0.39 is 0 Å². The Hall–Kier alpha value is -1.87. The number of para-hydroxylation sites is 1. The molecule has 2 aromatic carbocycles. The summed E-state index contributed by atoms with van der Waals surface area (Å²) in [5.74, 6) is 0.786. The van der Waals surface area contributed by atoms with Crippen LogP contribution < -0.4 is 4.74 Å². The first-order valence-electron chi connectivity index (χ1n) is 5.92. The maximum absolute atomic E-state index is 5.62. The molecule has 2 aromatic rings. The Morgan fingerprint density at radius 2 is 1.95 bits per heavy atom. The fourth-order valence-corrected chi connectivity index (χ4v) is 1.89. The van der Waals surface area contributed by atoms with E-state index in [-0.39, 0.29) is 0 Å². The first kappa shape index (κ1) is 13.6. The summed E-state index contributed by atoms with van der Waals surface area (Å²) in [6.45, 7) is 4.13. The lowest BCUT2D eigenvalue weighted by molar-refractivity contribution is 0.362. The summed E-state index contributed by atoms with van der Waals surface area (Å²) in [6, 6.07) is 15.7. The largest absolute Gasteiger partial charge is 0.489 e. The van der Waals surface area contributed by atoms with Crippen LogP contribution in [0.2, 0.25) is 0 Å². The molecular weight excluding hydrogens is 302 g/mol. The fourth-order valence-electron chi connectivity index (χ4n) is 1.55. The predicted octanol–water partition coefficient (Wildman–Crippen LogP) is 4.76. The summed E-state index contributed by atoms with van der Waals surface area (Å²) in [5, 5.41) is 0. The number of hydrogen-bond acceptors (Lipinski definition) is 2. The van der Waals surface area contributed by atoms with Gasteiger partial charge in [-0.1, -0.05) is 46.8 Å². The molecule has 0 N–H and O–H groups in total.